The van der Waals surface area contributed by atoms with Crippen LogP contribution in [0.2, 0.25) is 0 Å². The van der Waals surface area contributed by atoms with Gasteiger partial charge in [0.2, 0.25) is 5.91 Å². The summed E-state index contributed by atoms with van der Waals surface area (Å²) in [5.74, 6) is -0.197. The Morgan fingerprint density at radius 1 is 1.37 bits per heavy atom. The Hall–Kier alpha value is -1.64. The molecule has 154 valence electrons. The van der Waals surface area contributed by atoms with Crippen LogP contribution in [0, 0.1) is 5.41 Å². The van der Waals surface area contributed by atoms with Crippen molar-refractivity contribution in [2.24, 2.45) is 11.1 Å². The monoisotopic (exact) mass is 383 g/mol. The third kappa shape index (κ3) is 5.92. The second kappa shape index (κ2) is 10.1. The minimum atomic E-state index is -0.850. The molecule has 0 bridgehead atoms. The average Bonchev–Trinajstić information content (AvgIpc) is 2.70. The summed E-state index contributed by atoms with van der Waals surface area (Å²) in [6.45, 7) is 3.25. The summed E-state index contributed by atoms with van der Waals surface area (Å²) in [5, 5.41) is 12.3. The van der Waals surface area contributed by atoms with Crippen molar-refractivity contribution < 1.29 is 24.2 Å². The van der Waals surface area contributed by atoms with E-state index in [0.717, 1.165) is 32.1 Å². The predicted molar refractivity (Wildman–Crippen MR) is 101 cm³/mol. The molecule has 2 aliphatic rings. The normalized spacial score (nSPS) is 25.8. The lowest BCUT2D eigenvalue weighted by atomic mass is 9.78. The van der Waals surface area contributed by atoms with Gasteiger partial charge in [0.05, 0.1) is 25.4 Å². The van der Waals surface area contributed by atoms with Crippen molar-refractivity contribution >= 4 is 11.9 Å². The van der Waals surface area contributed by atoms with Crippen LogP contribution in [-0.4, -0.2) is 73.6 Å². The smallest absolute Gasteiger partial charge is 0.312 e. The number of nitrogens with two attached hydrogens (primary N) is 1. The molecule has 1 saturated heterocycles. The van der Waals surface area contributed by atoms with Gasteiger partial charge in [-0.3, -0.25) is 4.79 Å². The zero-order valence-electron chi connectivity index (χ0n) is 16.4. The van der Waals surface area contributed by atoms with Gasteiger partial charge in [0.15, 0.2) is 0 Å². The molecule has 1 fully saturated rings. The molecule has 0 aromatic carbocycles. The van der Waals surface area contributed by atoms with Gasteiger partial charge in [0.25, 0.3) is 0 Å². The molecule has 8 heteroatoms. The third-order valence-corrected chi connectivity index (χ3v) is 5.67. The minimum Gasteiger partial charge on any atom is -0.396 e. The molecule has 2 rings (SSSR count). The number of hydrogen-bond donors (Lipinski definition) is 3. The number of piperidine rings is 1. The number of methoxy groups -OCH3 is 1. The van der Waals surface area contributed by atoms with Crippen molar-refractivity contribution in [2.75, 3.05) is 33.4 Å². The standard InChI is InChI=1S/C19H33N3O5/c1-14(27-13-19(12-23)8-4-3-5-9-19)16(21-18(20)25)17(24)22-10-6-15(26-2)7-11-22/h3-4,14-16,23H,5-13H2,1-2H3,(H3,20,21,25)/t14-,16?,19?/m1/s1. The summed E-state index contributed by atoms with van der Waals surface area (Å²) in [4.78, 5) is 26.1. The molecule has 1 heterocycles. The predicted octanol–water partition coefficient (Wildman–Crippen LogP) is 0.785. The largest absolute Gasteiger partial charge is 0.396 e. The van der Waals surface area contributed by atoms with Crippen molar-refractivity contribution in [2.45, 2.75) is 57.3 Å². The molecule has 0 radical (unpaired) electrons. The van der Waals surface area contributed by atoms with Crippen LogP contribution in [0.3, 0.4) is 0 Å². The molecule has 0 spiro atoms. The zero-order valence-corrected chi connectivity index (χ0v) is 16.4. The van der Waals surface area contributed by atoms with Gasteiger partial charge in [-0.1, -0.05) is 12.2 Å². The summed E-state index contributed by atoms with van der Waals surface area (Å²) in [6, 6.07) is -1.61. The van der Waals surface area contributed by atoms with Gasteiger partial charge in [-0.15, -0.1) is 0 Å². The van der Waals surface area contributed by atoms with Gasteiger partial charge < -0.3 is 30.5 Å². The van der Waals surface area contributed by atoms with Gasteiger partial charge >= 0.3 is 6.03 Å². The lowest BCUT2D eigenvalue weighted by Crippen LogP contribution is -2.57. The number of aliphatic hydroxyl groups is 1. The van der Waals surface area contributed by atoms with E-state index in [4.69, 9.17) is 15.2 Å². The maximum Gasteiger partial charge on any atom is 0.312 e. The summed E-state index contributed by atoms with van der Waals surface area (Å²) in [6.07, 6.45) is 7.76. The highest BCUT2D eigenvalue weighted by Gasteiger charge is 2.36. The van der Waals surface area contributed by atoms with Gasteiger partial charge in [-0.2, -0.15) is 0 Å². The fourth-order valence-corrected chi connectivity index (χ4v) is 3.71. The van der Waals surface area contributed by atoms with Crippen molar-refractivity contribution in [1.82, 2.24) is 10.2 Å². The molecule has 3 amide bonds. The van der Waals surface area contributed by atoms with Gasteiger partial charge in [0.1, 0.15) is 6.04 Å². The van der Waals surface area contributed by atoms with Crippen LogP contribution in [-0.2, 0) is 14.3 Å². The molecule has 0 aromatic heterocycles. The van der Waals surface area contributed by atoms with Crippen LogP contribution >= 0.6 is 0 Å². The second-order valence-corrected chi connectivity index (χ2v) is 7.64. The van der Waals surface area contributed by atoms with E-state index in [0.29, 0.717) is 19.7 Å². The van der Waals surface area contributed by atoms with Crippen molar-refractivity contribution in [1.29, 1.82) is 0 Å². The topological polar surface area (TPSA) is 114 Å². The van der Waals surface area contributed by atoms with E-state index >= 15 is 0 Å². The first kappa shape index (κ1) is 21.7. The molecular formula is C19H33N3O5. The Morgan fingerprint density at radius 3 is 2.59 bits per heavy atom. The van der Waals surface area contributed by atoms with Crippen molar-refractivity contribution in [3.8, 4) is 0 Å². The number of aliphatic hydroxyl groups excluding tert-OH is 1. The molecule has 8 nitrogen and oxygen atoms in total. The number of amides is 3. The van der Waals surface area contributed by atoms with Gasteiger partial charge in [0, 0.05) is 25.6 Å². The quantitative estimate of drug-likeness (QED) is 0.536. The first-order valence-electron chi connectivity index (χ1n) is 9.66. The lowest BCUT2D eigenvalue weighted by molar-refractivity contribution is -0.140. The number of carbonyl (C=O) groups excluding carboxylic acids is 2. The molecule has 4 N–H and O–H groups in total. The molecule has 1 aliphatic carbocycles. The van der Waals surface area contributed by atoms with E-state index in [1.165, 1.54) is 0 Å². The molecule has 3 atom stereocenters. The van der Waals surface area contributed by atoms with Crippen LogP contribution < -0.4 is 11.1 Å². The van der Waals surface area contributed by atoms with E-state index in [1.54, 1.807) is 18.9 Å². The number of urea groups is 1. The van der Waals surface area contributed by atoms with E-state index in [-0.39, 0.29) is 24.0 Å². The van der Waals surface area contributed by atoms with Crippen molar-refractivity contribution in [3.63, 3.8) is 0 Å². The van der Waals surface area contributed by atoms with Gasteiger partial charge in [-0.05, 0) is 39.0 Å². The minimum absolute atomic E-state index is 0.0243. The number of nitrogens with zero attached hydrogens (tertiary/aromatic N) is 1. The summed E-state index contributed by atoms with van der Waals surface area (Å²) in [7, 11) is 1.67. The van der Waals surface area contributed by atoms with Crippen LogP contribution in [0.1, 0.15) is 39.0 Å². The number of carbonyl (C=O) groups is 2. The highest BCUT2D eigenvalue weighted by molar-refractivity contribution is 5.87. The molecule has 0 aromatic rings. The maximum atomic E-state index is 12.9. The number of ether oxygens (including phenoxy) is 2. The summed E-state index contributed by atoms with van der Waals surface area (Å²) in [5.41, 5.74) is 4.95. The maximum absolute atomic E-state index is 12.9. The van der Waals surface area contributed by atoms with Crippen LogP contribution in [0.25, 0.3) is 0 Å². The van der Waals surface area contributed by atoms with Gasteiger partial charge in [-0.25, -0.2) is 4.79 Å². The first-order chi connectivity index (χ1) is 12.9. The molecule has 2 unspecified atom stereocenters. The Labute approximate surface area is 161 Å². The van der Waals surface area contributed by atoms with E-state index < -0.39 is 18.2 Å². The number of likely N-dealkylation sites (tertiary alicyclic amines) is 1. The fraction of sp³-hybridized carbons (Fsp3) is 0.789. The highest BCUT2D eigenvalue weighted by Crippen LogP contribution is 2.33. The number of nitrogens with one attached hydrogen (secondary N) is 1. The molecule has 1 aliphatic heterocycles. The highest BCUT2D eigenvalue weighted by atomic mass is 16.5. The zero-order chi connectivity index (χ0) is 19.9. The Bertz CT molecular complexity index is 533. The summed E-state index contributed by atoms with van der Waals surface area (Å²) < 4.78 is 11.3. The fourth-order valence-electron chi connectivity index (χ4n) is 3.71. The van der Waals surface area contributed by atoms with Crippen LogP contribution in [0.4, 0.5) is 4.79 Å². The average molecular weight is 383 g/mol. The third-order valence-electron chi connectivity index (χ3n) is 5.67. The van der Waals surface area contributed by atoms with Crippen LogP contribution in [0.15, 0.2) is 12.2 Å². The first-order valence-corrected chi connectivity index (χ1v) is 9.66. The molecule has 27 heavy (non-hydrogen) atoms. The SMILES string of the molecule is COC1CCN(C(=O)C(NC(N)=O)[C@@H](C)OCC2(CO)CC=CCC2)CC1. The van der Waals surface area contributed by atoms with E-state index in [2.05, 4.69) is 17.5 Å². The number of hydrogen-bond acceptors (Lipinski definition) is 5. The van der Waals surface area contributed by atoms with E-state index in [9.17, 15) is 14.7 Å². The Kier molecular flexibility index (Phi) is 8.07. The van der Waals surface area contributed by atoms with E-state index in [1.807, 2.05) is 0 Å². The van der Waals surface area contributed by atoms with Crippen LogP contribution in [0.5, 0.6) is 0 Å². The number of allylic oxidation sites excluding steroid dienone is 2. The number of rotatable bonds is 8. The Morgan fingerprint density at radius 2 is 2.07 bits per heavy atom. The lowest BCUT2D eigenvalue weighted by Gasteiger charge is -2.37. The Balaban J connectivity index is 1.98. The number of primary amides is 1. The second-order valence-electron chi connectivity index (χ2n) is 7.64. The summed E-state index contributed by atoms with van der Waals surface area (Å²) >= 11 is 0. The molecular weight excluding hydrogens is 350 g/mol. The van der Waals surface area contributed by atoms with Crippen molar-refractivity contribution in [3.05, 3.63) is 12.2 Å². The molecule has 0 saturated carbocycles.